The van der Waals surface area contributed by atoms with Gasteiger partial charge in [0.1, 0.15) is 17.2 Å². The van der Waals surface area contributed by atoms with Gasteiger partial charge in [-0.1, -0.05) is 30.3 Å². The van der Waals surface area contributed by atoms with Gasteiger partial charge in [0.25, 0.3) is 11.5 Å². The number of pyridine rings is 1. The number of benzene rings is 2. The number of hydrogen-bond donors (Lipinski definition) is 2. The Bertz CT molecular complexity index is 1300. The first kappa shape index (κ1) is 18.3. The topological polar surface area (TPSA) is 81.8 Å². The van der Waals surface area contributed by atoms with Gasteiger partial charge in [-0.15, -0.1) is 0 Å². The lowest BCUT2D eigenvalue weighted by Crippen LogP contribution is -2.34. The molecule has 2 aromatic heterocycles. The number of halogens is 1. The molecule has 0 saturated carbocycles. The molecule has 1 amide bonds. The first-order valence-corrected chi connectivity index (χ1v) is 9.85. The molecule has 1 atom stereocenters. The molecule has 0 unspecified atom stereocenters. The van der Waals surface area contributed by atoms with Gasteiger partial charge in [-0.05, 0) is 48.7 Å². The van der Waals surface area contributed by atoms with Gasteiger partial charge in [-0.25, -0.2) is 9.37 Å². The van der Waals surface area contributed by atoms with E-state index in [-0.39, 0.29) is 23.3 Å². The summed E-state index contributed by atoms with van der Waals surface area (Å²) in [5, 5.41) is 0. The average Bonchev–Trinajstić information content (AvgIpc) is 3.40. The van der Waals surface area contributed by atoms with Crippen LogP contribution >= 0.6 is 0 Å². The number of aromatic amines is 2. The number of imidazole rings is 1. The highest BCUT2D eigenvalue weighted by Crippen LogP contribution is 2.32. The lowest BCUT2D eigenvalue weighted by Gasteiger charge is -2.23. The Hall–Kier alpha value is -3.74. The Morgan fingerprint density at radius 2 is 1.90 bits per heavy atom. The van der Waals surface area contributed by atoms with E-state index in [9.17, 15) is 14.0 Å². The van der Waals surface area contributed by atoms with E-state index in [1.807, 2.05) is 30.3 Å². The van der Waals surface area contributed by atoms with Crippen molar-refractivity contribution in [3.8, 4) is 11.3 Å². The third-order valence-corrected chi connectivity index (χ3v) is 5.52. The maximum absolute atomic E-state index is 13.5. The zero-order valence-corrected chi connectivity index (χ0v) is 16.1. The van der Waals surface area contributed by atoms with Crippen LogP contribution < -0.4 is 5.56 Å². The highest BCUT2D eigenvalue weighted by Gasteiger charge is 2.33. The first-order valence-electron chi connectivity index (χ1n) is 9.85. The molecule has 150 valence electrons. The second-order valence-electron chi connectivity index (χ2n) is 7.42. The summed E-state index contributed by atoms with van der Waals surface area (Å²) in [7, 11) is 0. The molecule has 1 aliphatic rings. The number of likely N-dealkylation sites (tertiary alicyclic amines) is 1. The van der Waals surface area contributed by atoms with Crippen molar-refractivity contribution in [2.24, 2.45) is 0 Å². The molecule has 1 aliphatic heterocycles. The van der Waals surface area contributed by atoms with Gasteiger partial charge in [0.15, 0.2) is 0 Å². The molecule has 2 aromatic carbocycles. The average molecular weight is 402 g/mol. The predicted octanol–water partition coefficient (Wildman–Crippen LogP) is 4.03. The van der Waals surface area contributed by atoms with Crippen LogP contribution in [-0.2, 0) is 0 Å². The zero-order valence-electron chi connectivity index (χ0n) is 16.1. The largest absolute Gasteiger partial charge is 0.340 e. The highest BCUT2D eigenvalue weighted by atomic mass is 19.1. The maximum Gasteiger partial charge on any atom is 0.261 e. The van der Waals surface area contributed by atoms with Crippen molar-refractivity contribution in [1.82, 2.24) is 19.9 Å². The van der Waals surface area contributed by atoms with Crippen molar-refractivity contribution in [2.75, 3.05) is 6.54 Å². The molecule has 7 heteroatoms. The van der Waals surface area contributed by atoms with E-state index in [1.165, 1.54) is 12.1 Å². The number of aromatic nitrogens is 3. The van der Waals surface area contributed by atoms with E-state index < -0.39 is 5.56 Å². The molecular weight excluding hydrogens is 383 g/mol. The van der Waals surface area contributed by atoms with E-state index in [1.54, 1.807) is 23.1 Å². The first-order chi connectivity index (χ1) is 14.6. The Morgan fingerprint density at radius 3 is 2.70 bits per heavy atom. The summed E-state index contributed by atoms with van der Waals surface area (Å²) in [5.74, 6) is -0.0640. The number of amides is 1. The van der Waals surface area contributed by atoms with Crippen LogP contribution in [0, 0.1) is 5.82 Å². The summed E-state index contributed by atoms with van der Waals surface area (Å²) < 4.78 is 13.5. The summed E-state index contributed by atoms with van der Waals surface area (Å²) in [6, 6.07) is 16.9. The fraction of sp³-hybridized carbons (Fsp3) is 0.174. The zero-order chi connectivity index (χ0) is 20.7. The summed E-state index contributed by atoms with van der Waals surface area (Å²) in [5.41, 5.74) is 2.46. The van der Waals surface area contributed by atoms with Gasteiger partial charge >= 0.3 is 0 Å². The lowest BCUT2D eigenvalue weighted by molar-refractivity contribution is 0.0728. The van der Waals surface area contributed by atoms with Crippen molar-refractivity contribution in [3.05, 3.63) is 88.2 Å². The van der Waals surface area contributed by atoms with Gasteiger partial charge in [-0.2, -0.15) is 0 Å². The molecule has 3 heterocycles. The van der Waals surface area contributed by atoms with Crippen LogP contribution in [0.4, 0.5) is 4.39 Å². The van der Waals surface area contributed by atoms with Gasteiger partial charge in [0.2, 0.25) is 0 Å². The fourth-order valence-corrected chi connectivity index (χ4v) is 4.04. The number of hydrogen-bond acceptors (Lipinski definition) is 3. The number of H-pyrrole nitrogens is 2. The van der Waals surface area contributed by atoms with Crippen LogP contribution in [0.1, 0.15) is 35.1 Å². The van der Waals surface area contributed by atoms with Gasteiger partial charge < -0.3 is 14.9 Å². The third-order valence-electron chi connectivity index (χ3n) is 5.52. The second-order valence-corrected chi connectivity index (χ2v) is 7.42. The Morgan fingerprint density at radius 1 is 1.07 bits per heavy atom. The van der Waals surface area contributed by atoms with Gasteiger partial charge in [0, 0.05) is 12.2 Å². The number of rotatable bonds is 3. The minimum Gasteiger partial charge on any atom is -0.340 e. The van der Waals surface area contributed by atoms with Gasteiger partial charge in [0.05, 0.1) is 17.1 Å². The molecule has 1 fully saturated rings. The van der Waals surface area contributed by atoms with E-state index in [4.69, 9.17) is 0 Å². The molecule has 0 radical (unpaired) electrons. The van der Waals surface area contributed by atoms with E-state index in [2.05, 4.69) is 15.0 Å². The van der Waals surface area contributed by atoms with Crippen LogP contribution in [0.2, 0.25) is 0 Å². The summed E-state index contributed by atoms with van der Waals surface area (Å²) in [4.78, 5) is 38.0. The summed E-state index contributed by atoms with van der Waals surface area (Å²) >= 11 is 0. The molecule has 2 N–H and O–H groups in total. The van der Waals surface area contributed by atoms with Crippen LogP contribution in [-0.4, -0.2) is 32.3 Å². The number of carbonyl (C=O) groups excluding carboxylic acids is 1. The van der Waals surface area contributed by atoms with E-state index >= 15 is 0 Å². The molecule has 0 aliphatic carbocycles. The predicted molar refractivity (Wildman–Crippen MR) is 112 cm³/mol. The standard InChI is InChI=1S/C23H19FN4O2/c24-15-8-10-18-19(13-15)26-21(25-18)20-7-4-12-28(20)23(30)16-9-11-17(27-22(16)29)14-5-2-1-3-6-14/h1-3,5-6,8-11,13,20H,4,7,12H2,(H,25,26)(H,27,29)/t20-/m1/s1. The van der Waals surface area contributed by atoms with E-state index in [0.29, 0.717) is 29.1 Å². The number of fused-ring (bicyclic) bond motifs is 1. The molecular formula is C23H19FN4O2. The quantitative estimate of drug-likeness (QED) is 0.543. The Kier molecular flexibility index (Phi) is 4.43. The highest BCUT2D eigenvalue weighted by molar-refractivity contribution is 5.94. The van der Waals surface area contributed by atoms with E-state index in [0.717, 1.165) is 18.4 Å². The third kappa shape index (κ3) is 3.18. The summed E-state index contributed by atoms with van der Waals surface area (Å²) in [6.45, 7) is 0.536. The monoisotopic (exact) mass is 402 g/mol. The molecule has 6 nitrogen and oxygen atoms in total. The minimum atomic E-state index is -0.418. The van der Waals surface area contributed by atoms with Crippen LogP contribution in [0.25, 0.3) is 22.3 Å². The van der Waals surface area contributed by atoms with Gasteiger partial charge in [-0.3, -0.25) is 9.59 Å². The number of carbonyl (C=O) groups is 1. The Labute approximate surface area is 171 Å². The van der Waals surface area contributed by atoms with Crippen LogP contribution in [0.15, 0.2) is 65.5 Å². The number of nitrogens with zero attached hydrogens (tertiary/aromatic N) is 2. The maximum atomic E-state index is 13.5. The minimum absolute atomic E-state index is 0.101. The molecule has 4 aromatic rings. The Balaban J connectivity index is 1.45. The molecule has 30 heavy (non-hydrogen) atoms. The fourth-order valence-electron chi connectivity index (χ4n) is 4.04. The molecule has 5 rings (SSSR count). The lowest BCUT2D eigenvalue weighted by atomic mass is 10.1. The summed E-state index contributed by atoms with van der Waals surface area (Å²) in [6.07, 6.45) is 1.54. The second kappa shape index (κ2) is 7.26. The smallest absolute Gasteiger partial charge is 0.261 e. The molecule has 1 saturated heterocycles. The van der Waals surface area contributed by atoms with Crippen molar-refractivity contribution in [2.45, 2.75) is 18.9 Å². The molecule has 0 bridgehead atoms. The van der Waals surface area contributed by atoms with Crippen molar-refractivity contribution >= 4 is 16.9 Å². The SMILES string of the molecule is O=C(c1ccc(-c2ccccc2)[nH]c1=O)N1CCC[C@@H]1c1nc2ccc(F)cc2[nH]1. The number of nitrogens with one attached hydrogen (secondary N) is 2. The van der Waals surface area contributed by atoms with Crippen molar-refractivity contribution in [1.29, 1.82) is 0 Å². The normalized spacial score (nSPS) is 16.3. The van der Waals surface area contributed by atoms with Crippen LogP contribution in [0.3, 0.4) is 0 Å². The van der Waals surface area contributed by atoms with Crippen LogP contribution in [0.5, 0.6) is 0 Å². The van der Waals surface area contributed by atoms with Crippen molar-refractivity contribution < 1.29 is 9.18 Å². The van der Waals surface area contributed by atoms with Crippen molar-refractivity contribution in [3.63, 3.8) is 0 Å². The molecule has 0 spiro atoms.